The summed E-state index contributed by atoms with van der Waals surface area (Å²) in [7, 11) is 0. The van der Waals surface area contributed by atoms with Gasteiger partial charge in [0.1, 0.15) is 11.2 Å². The number of para-hydroxylation sites is 3. The number of hydrogen-bond acceptors (Lipinski definition) is 2. The molecule has 304 valence electrons. The van der Waals surface area contributed by atoms with E-state index in [0.29, 0.717) is 0 Å². The molecule has 2 heterocycles. The first-order chi connectivity index (χ1) is 32.2. The van der Waals surface area contributed by atoms with Crippen molar-refractivity contribution in [3.8, 4) is 39.1 Å². The lowest BCUT2D eigenvalue weighted by Gasteiger charge is -2.27. The van der Waals surface area contributed by atoms with Gasteiger partial charge in [-0.05, 0) is 122 Å². The van der Waals surface area contributed by atoms with E-state index in [1.165, 1.54) is 65.6 Å². The lowest BCUT2D eigenvalue weighted by atomic mass is 9.97. The van der Waals surface area contributed by atoms with Crippen LogP contribution >= 0.6 is 0 Å². The molecular weight excluding hydrogens is 789 g/mol. The van der Waals surface area contributed by atoms with Gasteiger partial charge in [0.05, 0.1) is 11.0 Å². The Hall–Kier alpha value is -8.66. The largest absolute Gasteiger partial charge is 0.455 e. The van der Waals surface area contributed by atoms with Crippen molar-refractivity contribution in [3.05, 3.63) is 243 Å². The highest BCUT2D eigenvalue weighted by Gasteiger charge is 2.21. The lowest BCUT2D eigenvalue weighted by molar-refractivity contribution is 0.670. The van der Waals surface area contributed by atoms with E-state index in [4.69, 9.17) is 4.42 Å². The van der Waals surface area contributed by atoms with Crippen molar-refractivity contribution in [2.75, 3.05) is 4.90 Å². The van der Waals surface area contributed by atoms with Crippen molar-refractivity contribution in [2.24, 2.45) is 0 Å². The Labute approximate surface area is 376 Å². The van der Waals surface area contributed by atoms with Crippen LogP contribution in [0.25, 0.3) is 104 Å². The van der Waals surface area contributed by atoms with Gasteiger partial charge in [-0.3, -0.25) is 0 Å². The number of rotatable bonds is 7. The van der Waals surface area contributed by atoms with E-state index >= 15 is 0 Å². The standard InChI is InChI=1S/C62H40N2O/c1-2-13-41(14-3-1)42-27-32-48(33-28-42)63(49-34-29-43(30-35-49)45-31-36-53-47(37-45)26-25-44-15-4-5-18-52(44)53)51-39-57(62-58(40-51)56-21-8-11-24-61(56)65-62)46-16-12-17-50(38-46)64-59-22-9-6-19-54(59)55-20-7-10-23-60(55)64/h1-40H. The first-order valence-corrected chi connectivity index (χ1v) is 22.2. The highest BCUT2D eigenvalue weighted by atomic mass is 16.3. The Balaban J connectivity index is 0.986. The monoisotopic (exact) mass is 828 g/mol. The molecule has 3 heteroatoms. The van der Waals surface area contributed by atoms with Crippen LogP contribution in [0.5, 0.6) is 0 Å². The number of hydrogen-bond donors (Lipinski definition) is 0. The maximum Gasteiger partial charge on any atom is 0.143 e. The zero-order chi connectivity index (χ0) is 42.8. The van der Waals surface area contributed by atoms with Gasteiger partial charge in [0.2, 0.25) is 0 Å². The van der Waals surface area contributed by atoms with E-state index in [2.05, 4.69) is 246 Å². The van der Waals surface area contributed by atoms with Gasteiger partial charge < -0.3 is 13.9 Å². The van der Waals surface area contributed by atoms with E-state index in [0.717, 1.165) is 55.8 Å². The predicted molar refractivity (Wildman–Crippen MR) is 274 cm³/mol. The quantitative estimate of drug-likeness (QED) is 0.149. The van der Waals surface area contributed by atoms with Gasteiger partial charge in [0.25, 0.3) is 0 Å². The van der Waals surface area contributed by atoms with Gasteiger partial charge in [-0.15, -0.1) is 0 Å². The maximum absolute atomic E-state index is 6.81. The number of nitrogens with zero attached hydrogens (tertiary/aromatic N) is 2. The Morgan fingerprint density at radius 1 is 0.308 bits per heavy atom. The maximum atomic E-state index is 6.81. The predicted octanol–water partition coefficient (Wildman–Crippen LogP) is 17.5. The minimum atomic E-state index is 0.867. The second-order valence-electron chi connectivity index (χ2n) is 16.9. The van der Waals surface area contributed by atoms with E-state index in [1.54, 1.807) is 0 Å². The molecule has 0 atom stereocenters. The number of aromatic nitrogens is 1. The fourth-order valence-corrected chi connectivity index (χ4v) is 10.0. The molecule has 3 nitrogen and oxygen atoms in total. The van der Waals surface area contributed by atoms with Crippen LogP contribution in [0.1, 0.15) is 0 Å². The summed E-state index contributed by atoms with van der Waals surface area (Å²) in [4.78, 5) is 2.38. The average molecular weight is 829 g/mol. The van der Waals surface area contributed by atoms with Crippen molar-refractivity contribution in [3.63, 3.8) is 0 Å². The highest BCUT2D eigenvalue weighted by molar-refractivity contribution is 6.13. The van der Waals surface area contributed by atoms with Crippen LogP contribution in [0.2, 0.25) is 0 Å². The van der Waals surface area contributed by atoms with Gasteiger partial charge in [0, 0.05) is 49.9 Å². The molecule has 0 bridgehead atoms. The smallest absolute Gasteiger partial charge is 0.143 e. The van der Waals surface area contributed by atoms with Gasteiger partial charge in [-0.1, -0.05) is 170 Å². The van der Waals surface area contributed by atoms with Gasteiger partial charge in [-0.25, -0.2) is 0 Å². The van der Waals surface area contributed by atoms with Crippen LogP contribution in [0, 0.1) is 0 Å². The van der Waals surface area contributed by atoms with Gasteiger partial charge in [0.15, 0.2) is 0 Å². The summed E-state index contributed by atoms with van der Waals surface area (Å²) in [5.41, 5.74) is 15.2. The van der Waals surface area contributed by atoms with Crippen molar-refractivity contribution in [1.82, 2.24) is 4.57 Å². The summed E-state index contributed by atoms with van der Waals surface area (Å²) in [5, 5.41) is 9.68. The minimum Gasteiger partial charge on any atom is -0.455 e. The molecule has 0 N–H and O–H groups in total. The third-order valence-corrected chi connectivity index (χ3v) is 13.2. The summed E-state index contributed by atoms with van der Waals surface area (Å²) in [6, 6.07) is 87.7. The SMILES string of the molecule is c1ccc(-c2ccc(N(c3ccc(-c4ccc5c(ccc6ccccc65)c4)cc3)c3cc(-c4cccc(-n5c6ccccc6c6ccccc65)c4)c4oc5ccccc5c4c3)cc2)cc1. The molecule has 11 aromatic carbocycles. The Morgan fingerprint density at radius 3 is 1.60 bits per heavy atom. The minimum absolute atomic E-state index is 0.867. The summed E-state index contributed by atoms with van der Waals surface area (Å²) >= 11 is 0. The van der Waals surface area contributed by atoms with Gasteiger partial charge in [-0.2, -0.15) is 0 Å². The van der Waals surface area contributed by atoms with Crippen molar-refractivity contribution < 1.29 is 4.42 Å². The summed E-state index contributed by atoms with van der Waals surface area (Å²) in [6.07, 6.45) is 0. The molecule has 0 spiro atoms. The van der Waals surface area contributed by atoms with E-state index in [-0.39, 0.29) is 0 Å². The molecule has 0 aliphatic rings. The van der Waals surface area contributed by atoms with Crippen LogP contribution in [0.15, 0.2) is 247 Å². The van der Waals surface area contributed by atoms with E-state index in [1.807, 2.05) is 6.07 Å². The fraction of sp³-hybridized carbons (Fsp3) is 0. The molecule has 0 fully saturated rings. The van der Waals surface area contributed by atoms with Crippen molar-refractivity contribution in [2.45, 2.75) is 0 Å². The third kappa shape index (κ3) is 6.20. The summed E-state index contributed by atoms with van der Waals surface area (Å²) in [5.74, 6) is 0. The molecule has 0 unspecified atom stereocenters. The topological polar surface area (TPSA) is 21.3 Å². The molecule has 13 rings (SSSR count). The molecule has 13 aromatic rings. The zero-order valence-corrected chi connectivity index (χ0v) is 35.4. The first-order valence-electron chi connectivity index (χ1n) is 22.2. The third-order valence-electron chi connectivity index (χ3n) is 13.2. The van der Waals surface area contributed by atoms with Crippen LogP contribution in [0.4, 0.5) is 17.1 Å². The number of anilines is 3. The van der Waals surface area contributed by atoms with Crippen LogP contribution < -0.4 is 4.90 Å². The molecule has 2 aromatic heterocycles. The molecule has 0 saturated heterocycles. The second kappa shape index (κ2) is 15.0. The normalized spacial score (nSPS) is 11.7. The van der Waals surface area contributed by atoms with Gasteiger partial charge >= 0.3 is 0 Å². The number of benzene rings is 11. The van der Waals surface area contributed by atoms with E-state index in [9.17, 15) is 0 Å². The van der Waals surface area contributed by atoms with Crippen molar-refractivity contribution in [1.29, 1.82) is 0 Å². The van der Waals surface area contributed by atoms with Crippen LogP contribution in [-0.4, -0.2) is 4.57 Å². The molecule has 0 amide bonds. The lowest BCUT2D eigenvalue weighted by Crippen LogP contribution is -2.10. The molecule has 0 aliphatic carbocycles. The average Bonchev–Trinajstić information content (AvgIpc) is 3.93. The molecular formula is C62H40N2O. The summed E-state index contributed by atoms with van der Waals surface area (Å²) in [6.45, 7) is 0. The number of furan rings is 1. The molecule has 0 aliphatic heterocycles. The fourth-order valence-electron chi connectivity index (χ4n) is 10.0. The van der Waals surface area contributed by atoms with E-state index < -0.39 is 0 Å². The van der Waals surface area contributed by atoms with Crippen LogP contribution in [0.3, 0.4) is 0 Å². The van der Waals surface area contributed by atoms with Crippen LogP contribution in [-0.2, 0) is 0 Å². The Kier molecular flexibility index (Phi) is 8.53. The molecule has 0 radical (unpaired) electrons. The Morgan fingerprint density at radius 2 is 0.862 bits per heavy atom. The van der Waals surface area contributed by atoms with Crippen molar-refractivity contribution >= 4 is 82.4 Å². The second-order valence-corrected chi connectivity index (χ2v) is 16.9. The molecule has 65 heavy (non-hydrogen) atoms. The highest BCUT2D eigenvalue weighted by Crippen LogP contribution is 2.45. The number of fused-ring (bicyclic) bond motifs is 9. The zero-order valence-electron chi connectivity index (χ0n) is 35.4. The molecule has 0 saturated carbocycles. The summed E-state index contributed by atoms with van der Waals surface area (Å²) < 4.78 is 9.20. The Bertz CT molecular complexity index is 3880. The first kappa shape index (κ1) is 36.9.